The summed E-state index contributed by atoms with van der Waals surface area (Å²) in [7, 11) is 3.61. The van der Waals surface area contributed by atoms with Crippen molar-refractivity contribution in [2.75, 3.05) is 25.5 Å². The molecule has 0 saturated heterocycles. The maximum atomic E-state index is 12.7. The maximum Gasteiger partial charge on any atom is 0.291 e. The maximum absolute atomic E-state index is 12.7. The number of fused-ring (bicyclic) bond motifs is 1. The van der Waals surface area contributed by atoms with Crippen molar-refractivity contribution >= 4 is 11.9 Å². The summed E-state index contributed by atoms with van der Waals surface area (Å²) in [6.45, 7) is 4.44. The van der Waals surface area contributed by atoms with E-state index in [4.69, 9.17) is 4.42 Å². The van der Waals surface area contributed by atoms with E-state index in [1.165, 1.54) is 0 Å². The van der Waals surface area contributed by atoms with Crippen molar-refractivity contribution in [2.24, 2.45) is 0 Å². The van der Waals surface area contributed by atoms with Crippen LogP contribution in [-0.2, 0) is 19.4 Å². The Morgan fingerprint density at radius 2 is 2.12 bits per heavy atom. The van der Waals surface area contributed by atoms with Crippen molar-refractivity contribution in [3.8, 4) is 0 Å². The highest BCUT2D eigenvalue weighted by Crippen LogP contribution is 2.20. The van der Waals surface area contributed by atoms with Gasteiger partial charge in [-0.15, -0.1) is 0 Å². The number of carbonyl (C=O) groups is 1. The van der Waals surface area contributed by atoms with Gasteiger partial charge in [-0.2, -0.15) is 0 Å². The fraction of sp³-hybridized carbons (Fsp3) is 0.500. The van der Waals surface area contributed by atoms with E-state index in [2.05, 4.69) is 15.0 Å². The third-order valence-electron chi connectivity index (χ3n) is 4.11. The third kappa shape index (κ3) is 2.79. The number of aromatic amines is 1. The Balaban J connectivity index is 1.90. The second-order valence-corrected chi connectivity index (χ2v) is 6.06. The lowest BCUT2D eigenvalue weighted by Gasteiger charge is -2.27. The van der Waals surface area contributed by atoms with Crippen LogP contribution in [0.1, 0.15) is 40.3 Å². The SMILES string of the molecule is CCc1nc(C)c(C(=O)N2CCc3c(nc(N(C)C)[nH]c3=O)C2)o1. The van der Waals surface area contributed by atoms with Gasteiger partial charge in [0.15, 0.2) is 5.89 Å². The number of nitrogens with one attached hydrogen (secondary N) is 1. The summed E-state index contributed by atoms with van der Waals surface area (Å²) in [5.74, 6) is 1.10. The van der Waals surface area contributed by atoms with Gasteiger partial charge in [0.2, 0.25) is 11.7 Å². The van der Waals surface area contributed by atoms with E-state index in [1.807, 2.05) is 6.92 Å². The van der Waals surface area contributed by atoms with E-state index in [0.29, 0.717) is 54.7 Å². The Hall–Kier alpha value is -2.64. The van der Waals surface area contributed by atoms with Gasteiger partial charge in [-0.1, -0.05) is 6.92 Å². The summed E-state index contributed by atoms with van der Waals surface area (Å²) < 4.78 is 5.55. The van der Waals surface area contributed by atoms with Crippen molar-refractivity contribution in [1.82, 2.24) is 19.9 Å². The minimum atomic E-state index is -0.209. The zero-order chi connectivity index (χ0) is 17.4. The minimum absolute atomic E-state index is 0.139. The standard InChI is InChI=1S/C16H21N5O3/c1-5-12-17-9(2)13(24-12)15(23)21-7-6-10-11(8-21)18-16(20(3)4)19-14(10)22/h5-8H2,1-4H3,(H,18,19,22). The largest absolute Gasteiger partial charge is 0.435 e. The number of aryl methyl sites for hydroxylation is 2. The predicted molar refractivity (Wildman–Crippen MR) is 88.2 cm³/mol. The van der Waals surface area contributed by atoms with Gasteiger partial charge in [-0.25, -0.2) is 9.97 Å². The average Bonchev–Trinajstić information content (AvgIpc) is 2.94. The van der Waals surface area contributed by atoms with E-state index < -0.39 is 0 Å². The van der Waals surface area contributed by atoms with Crippen molar-refractivity contribution in [1.29, 1.82) is 0 Å². The molecule has 0 atom stereocenters. The van der Waals surface area contributed by atoms with Crippen LogP contribution < -0.4 is 10.5 Å². The van der Waals surface area contributed by atoms with Gasteiger partial charge in [-0.05, 0) is 13.3 Å². The molecule has 0 fully saturated rings. The van der Waals surface area contributed by atoms with E-state index in [-0.39, 0.29) is 17.2 Å². The molecular weight excluding hydrogens is 310 g/mol. The lowest BCUT2D eigenvalue weighted by Crippen LogP contribution is -2.39. The molecule has 128 valence electrons. The zero-order valence-electron chi connectivity index (χ0n) is 14.3. The lowest BCUT2D eigenvalue weighted by atomic mass is 10.1. The Morgan fingerprint density at radius 3 is 2.75 bits per heavy atom. The molecule has 1 aliphatic rings. The molecule has 0 unspecified atom stereocenters. The highest BCUT2D eigenvalue weighted by Gasteiger charge is 2.28. The van der Waals surface area contributed by atoms with Crippen molar-refractivity contribution < 1.29 is 9.21 Å². The summed E-state index contributed by atoms with van der Waals surface area (Å²) in [6, 6.07) is 0. The first-order valence-electron chi connectivity index (χ1n) is 7.95. The molecule has 24 heavy (non-hydrogen) atoms. The quantitative estimate of drug-likeness (QED) is 0.897. The Bertz CT molecular complexity index is 837. The molecule has 0 saturated carbocycles. The molecule has 2 aromatic heterocycles. The molecule has 8 heteroatoms. The fourth-order valence-electron chi connectivity index (χ4n) is 2.76. The van der Waals surface area contributed by atoms with Crippen LogP contribution in [0.25, 0.3) is 0 Å². The summed E-state index contributed by atoms with van der Waals surface area (Å²) in [5, 5.41) is 0. The molecule has 8 nitrogen and oxygen atoms in total. The molecule has 0 spiro atoms. The highest BCUT2D eigenvalue weighted by molar-refractivity contribution is 5.92. The Kier molecular flexibility index (Phi) is 4.13. The van der Waals surface area contributed by atoms with Crippen molar-refractivity contribution in [3.05, 3.63) is 39.0 Å². The minimum Gasteiger partial charge on any atom is -0.435 e. The zero-order valence-corrected chi connectivity index (χ0v) is 14.3. The molecule has 1 amide bonds. The number of hydrogen-bond acceptors (Lipinski definition) is 6. The van der Waals surface area contributed by atoms with Gasteiger partial charge in [0.1, 0.15) is 0 Å². The van der Waals surface area contributed by atoms with Gasteiger partial charge in [0, 0.05) is 32.6 Å². The van der Waals surface area contributed by atoms with E-state index in [0.717, 1.165) is 0 Å². The Morgan fingerprint density at radius 1 is 1.38 bits per heavy atom. The number of H-pyrrole nitrogens is 1. The molecule has 0 bridgehead atoms. The molecule has 1 aliphatic heterocycles. The highest BCUT2D eigenvalue weighted by atomic mass is 16.4. The van der Waals surface area contributed by atoms with Crippen LogP contribution in [0, 0.1) is 6.92 Å². The van der Waals surface area contributed by atoms with Crippen molar-refractivity contribution in [2.45, 2.75) is 33.2 Å². The number of anilines is 1. The topological polar surface area (TPSA) is 95.3 Å². The van der Waals surface area contributed by atoms with Gasteiger partial charge < -0.3 is 14.2 Å². The molecule has 3 rings (SSSR count). The van der Waals surface area contributed by atoms with E-state index in [1.54, 1.807) is 30.8 Å². The summed E-state index contributed by atoms with van der Waals surface area (Å²) >= 11 is 0. The van der Waals surface area contributed by atoms with Gasteiger partial charge in [0.25, 0.3) is 11.5 Å². The summed E-state index contributed by atoms with van der Waals surface area (Å²) in [4.78, 5) is 39.8. The van der Waals surface area contributed by atoms with E-state index >= 15 is 0 Å². The second-order valence-electron chi connectivity index (χ2n) is 6.06. The van der Waals surface area contributed by atoms with Gasteiger partial charge in [-0.3, -0.25) is 14.6 Å². The number of rotatable bonds is 3. The number of amides is 1. The lowest BCUT2D eigenvalue weighted by molar-refractivity contribution is 0.0696. The summed E-state index contributed by atoms with van der Waals surface area (Å²) in [6.07, 6.45) is 1.12. The molecular formula is C16H21N5O3. The van der Waals surface area contributed by atoms with E-state index in [9.17, 15) is 9.59 Å². The molecule has 0 aliphatic carbocycles. The molecule has 1 N–H and O–H groups in total. The summed E-state index contributed by atoms with van der Waals surface area (Å²) in [5.41, 5.74) is 1.73. The first-order valence-corrected chi connectivity index (χ1v) is 7.95. The number of aromatic nitrogens is 3. The van der Waals surface area contributed by atoms with Crippen LogP contribution in [-0.4, -0.2) is 46.4 Å². The molecule has 2 aromatic rings. The third-order valence-corrected chi connectivity index (χ3v) is 4.11. The number of nitrogens with zero attached hydrogens (tertiary/aromatic N) is 4. The average molecular weight is 331 g/mol. The van der Waals surface area contributed by atoms with Gasteiger partial charge in [0.05, 0.1) is 17.9 Å². The van der Waals surface area contributed by atoms with Crippen LogP contribution in [0.15, 0.2) is 9.21 Å². The number of oxazole rings is 1. The smallest absolute Gasteiger partial charge is 0.291 e. The van der Waals surface area contributed by atoms with Crippen LogP contribution in [0.2, 0.25) is 0 Å². The number of carbonyl (C=O) groups excluding carboxylic acids is 1. The van der Waals surface area contributed by atoms with Crippen LogP contribution >= 0.6 is 0 Å². The first kappa shape index (κ1) is 16.2. The number of hydrogen-bond donors (Lipinski definition) is 1. The van der Waals surface area contributed by atoms with Crippen LogP contribution in [0.4, 0.5) is 5.95 Å². The fourth-order valence-corrected chi connectivity index (χ4v) is 2.76. The first-order chi connectivity index (χ1) is 11.4. The van der Waals surface area contributed by atoms with Crippen LogP contribution in [0.5, 0.6) is 0 Å². The molecule has 0 radical (unpaired) electrons. The predicted octanol–water partition coefficient (Wildman–Crippen LogP) is 0.893. The normalized spacial score (nSPS) is 13.8. The second kappa shape index (κ2) is 6.10. The Labute approximate surface area is 139 Å². The van der Waals surface area contributed by atoms with Crippen LogP contribution in [0.3, 0.4) is 0 Å². The van der Waals surface area contributed by atoms with Crippen molar-refractivity contribution in [3.63, 3.8) is 0 Å². The molecule has 3 heterocycles. The molecule has 0 aromatic carbocycles. The monoisotopic (exact) mass is 331 g/mol. The van der Waals surface area contributed by atoms with Gasteiger partial charge >= 0.3 is 0 Å².